The lowest BCUT2D eigenvalue weighted by atomic mass is 10.1. The molecule has 112 valence electrons. The molecule has 2 aromatic rings. The van der Waals surface area contributed by atoms with E-state index in [1.165, 1.54) is 0 Å². The number of aromatic nitrogens is 1. The lowest BCUT2D eigenvalue weighted by Gasteiger charge is -2.17. The molecular formula is C16H20N2O3. The van der Waals surface area contributed by atoms with Crippen molar-refractivity contribution in [2.75, 3.05) is 19.0 Å². The molecule has 1 aromatic heterocycles. The Morgan fingerprint density at radius 1 is 1.43 bits per heavy atom. The van der Waals surface area contributed by atoms with E-state index in [9.17, 15) is 9.90 Å². The molecule has 0 saturated carbocycles. The minimum Gasteiger partial charge on any atom is -0.480 e. The highest BCUT2D eigenvalue weighted by molar-refractivity contribution is 5.83. The van der Waals surface area contributed by atoms with Gasteiger partial charge in [0, 0.05) is 19.1 Å². The Labute approximate surface area is 124 Å². The van der Waals surface area contributed by atoms with Crippen molar-refractivity contribution < 1.29 is 14.6 Å². The topological polar surface area (TPSA) is 71.5 Å². The summed E-state index contributed by atoms with van der Waals surface area (Å²) in [5.41, 5.74) is 1.79. The van der Waals surface area contributed by atoms with E-state index in [2.05, 4.69) is 10.3 Å². The maximum atomic E-state index is 11.3. The number of fused-ring (bicyclic) bond motifs is 1. The zero-order valence-corrected chi connectivity index (χ0v) is 12.3. The Bertz CT molecular complexity index is 628. The van der Waals surface area contributed by atoms with Gasteiger partial charge < -0.3 is 15.2 Å². The molecule has 21 heavy (non-hydrogen) atoms. The number of anilines is 1. The Balaban J connectivity index is 2.19. The molecule has 0 spiro atoms. The molecule has 0 bridgehead atoms. The second-order valence-electron chi connectivity index (χ2n) is 5.02. The van der Waals surface area contributed by atoms with E-state index in [0.29, 0.717) is 25.3 Å². The number of aryl methyl sites for hydroxylation is 1. The Kier molecular flexibility index (Phi) is 5.11. The van der Waals surface area contributed by atoms with Crippen molar-refractivity contribution >= 4 is 22.7 Å². The van der Waals surface area contributed by atoms with Crippen molar-refractivity contribution in [3.63, 3.8) is 0 Å². The van der Waals surface area contributed by atoms with Crippen LogP contribution in [0, 0.1) is 6.92 Å². The first-order valence-electron chi connectivity index (χ1n) is 6.96. The summed E-state index contributed by atoms with van der Waals surface area (Å²) in [4.78, 5) is 15.9. The predicted octanol–water partition coefficient (Wildman–Crippen LogP) is 2.83. The average molecular weight is 288 g/mol. The SMILES string of the molecule is COCCCC(Nc1nc2ccccc2cc1C)C(=O)O. The van der Waals surface area contributed by atoms with Gasteiger partial charge in [0.25, 0.3) is 0 Å². The monoisotopic (exact) mass is 288 g/mol. The number of nitrogens with zero attached hydrogens (tertiary/aromatic N) is 1. The molecule has 1 atom stereocenters. The third-order valence-corrected chi connectivity index (χ3v) is 3.36. The number of pyridine rings is 1. The molecule has 0 aliphatic rings. The van der Waals surface area contributed by atoms with Gasteiger partial charge in [0.15, 0.2) is 0 Å². The van der Waals surface area contributed by atoms with Gasteiger partial charge in [-0.1, -0.05) is 18.2 Å². The van der Waals surface area contributed by atoms with Crippen LogP contribution < -0.4 is 5.32 Å². The minimum absolute atomic E-state index is 0.497. The predicted molar refractivity (Wildman–Crippen MR) is 82.6 cm³/mol. The molecule has 0 saturated heterocycles. The Hall–Kier alpha value is -2.14. The smallest absolute Gasteiger partial charge is 0.326 e. The van der Waals surface area contributed by atoms with Crippen LogP contribution in [-0.2, 0) is 9.53 Å². The fourth-order valence-electron chi connectivity index (χ4n) is 2.22. The summed E-state index contributed by atoms with van der Waals surface area (Å²) in [5, 5.41) is 13.4. The molecule has 0 amide bonds. The van der Waals surface area contributed by atoms with Gasteiger partial charge in [-0.05, 0) is 37.5 Å². The van der Waals surface area contributed by atoms with Crippen LogP contribution in [0.3, 0.4) is 0 Å². The van der Waals surface area contributed by atoms with Gasteiger partial charge in [-0.25, -0.2) is 9.78 Å². The molecule has 0 fully saturated rings. The zero-order chi connectivity index (χ0) is 15.2. The number of nitrogens with one attached hydrogen (secondary N) is 1. The molecule has 2 N–H and O–H groups in total. The normalized spacial score (nSPS) is 12.3. The maximum Gasteiger partial charge on any atom is 0.326 e. The molecule has 1 heterocycles. The van der Waals surface area contributed by atoms with Gasteiger partial charge >= 0.3 is 5.97 Å². The van der Waals surface area contributed by atoms with E-state index < -0.39 is 12.0 Å². The van der Waals surface area contributed by atoms with Crippen molar-refractivity contribution in [2.24, 2.45) is 0 Å². The van der Waals surface area contributed by atoms with Crippen molar-refractivity contribution in [2.45, 2.75) is 25.8 Å². The van der Waals surface area contributed by atoms with Crippen molar-refractivity contribution in [1.82, 2.24) is 4.98 Å². The van der Waals surface area contributed by atoms with Gasteiger partial charge in [0.05, 0.1) is 5.52 Å². The third-order valence-electron chi connectivity index (χ3n) is 3.36. The summed E-state index contributed by atoms with van der Waals surface area (Å²) in [7, 11) is 1.61. The number of carboxylic acids is 1. The fourth-order valence-corrected chi connectivity index (χ4v) is 2.22. The van der Waals surface area contributed by atoms with Crippen molar-refractivity contribution in [3.8, 4) is 0 Å². The highest BCUT2D eigenvalue weighted by Crippen LogP contribution is 2.20. The number of hydrogen-bond donors (Lipinski definition) is 2. The lowest BCUT2D eigenvalue weighted by Crippen LogP contribution is -2.30. The molecule has 0 aliphatic heterocycles. The maximum absolute atomic E-state index is 11.3. The second kappa shape index (κ2) is 7.04. The Morgan fingerprint density at radius 2 is 2.19 bits per heavy atom. The fraction of sp³-hybridized carbons (Fsp3) is 0.375. The third kappa shape index (κ3) is 3.92. The molecule has 0 radical (unpaired) electrons. The van der Waals surface area contributed by atoms with Crippen LogP contribution >= 0.6 is 0 Å². The molecule has 5 heteroatoms. The molecule has 0 aliphatic carbocycles. The first kappa shape index (κ1) is 15.3. The number of ether oxygens (including phenoxy) is 1. The number of carbonyl (C=O) groups is 1. The van der Waals surface area contributed by atoms with Crippen LogP contribution in [0.15, 0.2) is 30.3 Å². The quantitative estimate of drug-likeness (QED) is 0.767. The molecule has 2 rings (SSSR count). The van der Waals surface area contributed by atoms with Crippen LogP contribution in [0.1, 0.15) is 18.4 Å². The van der Waals surface area contributed by atoms with Gasteiger partial charge in [0.1, 0.15) is 11.9 Å². The second-order valence-corrected chi connectivity index (χ2v) is 5.02. The summed E-state index contributed by atoms with van der Waals surface area (Å²) in [5.74, 6) is -0.251. The van der Waals surface area contributed by atoms with Crippen LogP contribution in [0.25, 0.3) is 10.9 Å². The number of rotatable bonds is 7. The van der Waals surface area contributed by atoms with E-state index in [1.54, 1.807) is 7.11 Å². The van der Waals surface area contributed by atoms with Crippen LogP contribution in [0.5, 0.6) is 0 Å². The number of methoxy groups -OCH3 is 1. The number of hydrogen-bond acceptors (Lipinski definition) is 4. The highest BCUT2D eigenvalue weighted by Gasteiger charge is 2.18. The van der Waals surface area contributed by atoms with Crippen LogP contribution in [0.4, 0.5) is 5.82 Å². The summed E-state index contributed by atoms with van der Waals surface area (Å²) in [6.45, 7) is 2.48. The summed E-state index contributed by atoms with van der Waals surface area (Å²) in [6, 6.07) is 9.14. The van der Waals surface area contributed by atoms with Gasteiger partial charge in [0.2, 0.25) is 0 Å². The largest absolute Gasteiger partial charge is 0.480 e. The molecule has 1 unspecified atom stereocenters. The summed E-state index contributed by atoms with van der Waals surface area (Å²) in [6.07, 6.45) is 1.18. The minimum atomic E-state index is -0.875. The van der Waals surface area contributed by atoms with Gasteiger partial charge in [-0.2, -0.15) is 0 Å². The highest BCUT2D eigenvalue weighted by atomic mass is 16.5. The summed E-state index contributed by atoms with van der Waals surface area (Å²) < 4.78 is 4.97. The lowest BCUT2D eigenvalue weighted by molar-refractivity contribution is -0.138. The van der Waals surface area contributed by atoms with E-state index in [-0.39, 0.29) is 0 Å². The number of carboxylic acid groups (broad SMARTS) is 1. The average Bonchev–Trinajstić information content (AvgIpc) is 2.46. The first-order valence-corrected chi connectivity index (χ1v) is 6.96. The van der Waals surface area contributed by atoms with E-state index in [1.807, 2.05) is 37.3 Å². The van der Waals surface area contributed by atoms with Gasteiger partial charge in [-0.15, -0.1) is 0 Å². The summed E-state index contributed by atoms with van der Waals surface area (Å²) >= 11 is 0. The standard InChI is InChI=1S/C16H20N2O3/c1-11-10-12-6-3-4-7-13(12)17-15(11)18-14(16(19)20)8-5-9-21-2/h3-4,6-7,10,14H,5,8-9H2,1-2H3,(H,17,18)(H,19,20). The van der Waals surface area contributed by atoms with Crippen LogP contribution in [-0.4, -0.2) is 35.8 Å². The van der Waals surface area contributed by atoms with E-state index in [0.717, 1.165) is 16.5 Å². The van der Waals surface area contributed by atoms with E-state index >= 15 is 0 Å². The Morgan fingerprint density at radius 3 is 2.90 bits per heavy atom. The molecule has 1 aromatic carbocycles. The molecule has 5 nitrogen and oxygen atoms in total. The zero-order valence-electron chi connectivity index (χ0n) is 12.3. The molecular weight excluding hydrogens is 268 g/mol. The first-order chi connectivity index (χ1) is 10.1. The van der Waals surface area contributed by atoms with Gasteiger partial charge in [-0.3, -0.25) is 0 Å². The number of benzene rings is 1. The van der Waals surface area contributed by atoms with Crippen molar-refractivity contribution in [1.29, 1.82) is 0 Å². The number of para-hydroxylation sites is 1. The van der Waals surface area contributed by atoms with E-state index in [4.69, 9.17) is 4.74 Å². The van der Waals surface area contributed by atoms with Crippen LogP contribution in [0.2, 0.25) is 0 Å². The van der Waals surface area contributed by atoms with Crippen molar-refractivity contribution in [3.05, 3.63) is 35.9 Å². The number of aliphatic carboxylic acids is 1.